The molecule has 22 heavy (non-hydrogen) atoms. The van der Waals surface area contributed by atoms with Gasteiger partial charge in [-0.1, -0.05) is 103 Å². The third-order valence-electron chi connectivity index (χ3n) is 4.49. The summed E-state index contributed by atoms with van der Waals surface area (Å²) >= 11 is 0. The molecule has 0 aromatic heterocycles. The molecule has 0 aromatic rings. The lowest BCUT2D eigenvalue weighted by Gasteiger charge is -2.11. The van der Waals surface area contributed by atoms with Crippen LogP contribution in [0.15, 0.2) is 12.7 Å². The van der Waals surface area contributed by atoms with Crippen molar-refractivity contribution in [1.29, 1.82) is 0 Å². The monoisotopic (exact) mass is 310 g/mol. The quantitative estimate of drug-likeness (QED) is 0.189. The van der Waals surface area contributed by atoms with E-state index in [-0.39, 0.29) is 6.10 Å². The first-order chi connectivity index (χ1) is 10.8. The molecule has 0 heterocycles. The maximum Gasteiger partial charge on any atom is 0.0753 e. The minimum absolute atomic E-state index is 0.280. The van der Waals surface area contributed by atoms with Gasteiger partial charge in [0, 0.05) is 6.61 Å². The van der Waals surface area contributed by atoms with Gasteiger partial charge in [0.2, 0.25) is 0 Å². The van der Waals surface area contributed by atoms with Crippen LogP contribution in [0.5, 0.6) is 0 Å². The van der Waals surface area contributed by atoms with Crippen molar-refractivity contribution in [3.8, 4) is 0 Å². The number of hydrogen-bond acceptors (Lipinski definition) is 1. The molecule has 0 radical (unpaired) electrons. The first-order valence-corrected chi connectivity index (χ1v) is 10.1. The van der Waals surface area contributed by atoms with Gasteiger partial charge in [-0.3, -0.25) is 0 Å². The summed E-state index contributed by atoms with van der Waals surface area (Å²) in [6.07, 6.45) is 23.3. The molecule has 132 valence electrons. The van der Waals surface area contributed by atoms with Crippen LogP contribution in [0.4, 0.5) is 0 Å². The van der Waals surface area contributed by atoms with Crippen LogP contribution in [-0.2, 0) is 4.74 Å². The van der Waals surface area contributed by atoms with Crippen LogP contribution in [0.2, 0.25) is 0 Å². The predicted molar refractivity (Wildman–Crippen MR) is 101 cm³/mol. The van der Waals surface area contributed by atoms with Crippen molar-refractivity contribution in [3.05, 3.63) is 12.7 Å². The second-order valence-corrected chi connectivity index (χ2v) is 6.61. The molecule has 1 unspecified atom stereocenters. The average molecular weight is 311 g/mol. The van der Waals surface area contributed by atoms with Crippen molar-refractivity contribution in [3.63, 3.8) is 0 Å². The van der Waals surface area contributed by atoms with Gasteiger partial charge in [-0.15, -0.1) is 6.58 Å². The standard InChI is InChI=1S/C21H42O/c1-4-7-8-9-10-11-12-13-14-15-16-17-18-19-20-21(5-2)22-6-3/h5,21H,2,4,6-20H2,1,3H3. The summed E-state index contributed by atoms with van der Waals surface area (Å²) in [5.74, 6) is 0. The Kier molecular flexibility index (Phi) is 18.5. The Morgan fingerprint density at radius 1 is 0.682 bits per heavy atom. The van der Waals surface area contributed by atoms with Crippen LogP contribution in [0, 0.1) is 0 Å². The zero-order chi connectivity index (χ0) is 16.3. The predicted octanol–water partition coefficient (Wildman–Crippen LogP) is 7.45. The molecule has 0 bridgehead atoms. The Labute approximate surface area is 140 Å². The van der Waals surface area contributed by atoms with Crippen LogP contribution in [0.25, 0.3) is 0 Å². The molecule has 0 rings (SSSR count). The molecule has 0 aliphatic rings. The Morgan fingerprint density at radius 3 is 1.45 bits per heavy atom. The normalized spacial score (nSPS) is 12.5. The average Bonchev–Trinajstić information content (AvgIpc) is 2.54. The van der Waals surface area contributed by atoms with E-state index in [1.807, 2.05) is 6.08 Å². The van der Waals surface area contributed by atoms with Crippen molar-refractivity contribution < 1.29 is 4.74 Å². The fourth-order valence-corrected chi connectivity index (χ4v) is 3.02. The van der Waals surface area contributed by atoms with Gasteiger partial charge in [0.05, 0.1) is 6.10 Å². The van der Waals surface area contributed by atoms with Crippen LogP contribution >= 0.6 is 0 Å². The zero-order valence-corrected chi connectivity index (χ0v) is 15.6. The van der Waals surface area contributed by atoms with Crippen LogP contribution < -0.4 is 0 Å². The third-order valence-corrected chi connectivity index (χ3v) is 4.49. The second kappa shape index (κ2) is 18.7. The maximum absolute atomic E-state index is 5.59. The number of ether oxygens (including phenoxy) is 1. The third kappa shape index (κ3) is 16.1. The minimum Gasteiger partial charge on any atom is -0.374 e. The molecule has 0 aliphatic carbocycles. The smallest absolute Gasteiger partial charge is 0.0753 e. The SMILES string of the molecule is C=CC(CCCCCCCCCCCCCCCC)OCC. The summed E-state index contributed by atoms with van der Waals surface area (Å²) in [5.41, 5.74) is 0. The van der Waals surface area contributed by atoms with Gasteiger partial charge in [0.1, 0.15) is 0 Å². The second-order valence-electron chi connectivity index (χ2n) is 6.61. The van der Waals surface area contributed by atoms with Crippen molar-refractivity contribution in [1.82, 2.24) is 0 Å². The topological polar surface area (TPSA) is 9.23 Å². The van der Waals surface area contributed by atoms with E-state index >= 15 is 0 Å². The number of hydrogen-bond donors (Lipinski definition) is 0. The summed E-state index contributed by atoms with van der Waals surface area (Å²) in [5, 5.41) is 0. The van der Waals surface area contributed by atoms with Crippen molar-refractivity contribution in [2.75, 3.05) is 6.61 Å². The fraction of sp³-hybridized carbons (Fsp3) is 0.905. The van der Waals surface area contributed by atoms with Gasteiger partial charge < -0.3 is 4.74 Å². The summed E-state index contributed by atoms with van der Waals surface area (Å²) in [4.78, 5) is 0. The highest BCUT2D eigenvalue weighted by Gasteiger charge is 2.02. The molecule has 0 saturated carbocycles. The molecule has 1 heteroatoms. The number of rotatable bonds is 18. The summed E-state index contributed by atoms with van der Waals surface area (Å²) < 4.78 is 5.59. The number of unbranched alkanes of at least 4 members (excludes halogenated alkanes) is 13. The van der Waals surface area contributed by atoms with E-state index in [9.17, 15) is 0 Å². The van der Waals surface area contributed by atoms with E-state index in [1.165, 1.54) is 89.9 Å². The Morgan fingerprint density at radius 2 is 1.09 bits per heavy atom. The van der Waals surface area contributed by atoms with E-state index in [1.54, 1.807) is 0 Å². The maximum atomic E-state index is 5.59. The molecule has 0 spiro atoms. The van der Waals surface area contributed by atoms with E-state index < -0.39 is 0 Å². The van der Waals surface area contributed by atoms with Gasteiger partial charge in [-0.05, 0) is 13.3 Å². The molecule has 0 saturated heterocycles. The van der Waals surface area contributed by atoms with Crippen molar-refractivity contribution in [2.24, 2.45) is 0 Å². The van der Waals surface area contributed by atoms with E-state index in [0.29, 0.717) is 0 Å². The Hall–Kier alpha value is -0.300. The molecule has 1 nitrogen and oxygen atoms in total. The molecular weight excluding hydrogens is 268 g/mol. The van der Waals surface area contributed by atoms with Crippen LogP contribution in [0.1, 0.15) is 110 Å². The van der Waals surface area contributed by atoms with Crippen molar-refractivity contribution in [2.45, 2.75) is 116 Å². The van der Waals surface area contributed by atoms with E-state index in [2.05, 4.69) is 20.4 Å². The Bertz CT molecular complexity index is 212. The summed E-state index contributed by atoms with van der Waals surface area (Å²) in [7, 11) is 0. The summed E-state index contributed by atoms with van der Waals surface area (Å²) in [6, 6.07) is 0. The molecule has 1 atom stereocenters. The highest BCUT2D eigenvalue weighted by atomic mass is 16.5. The van der Waals surface area contributed by atoms with Gasteiger partial charge in [-0.2, -0.15) is 0 Å². The lowest BCUT2D eigenvalue weighted by molar-refractivity contribution is 0.0885. The highest BCUT2D eigenvalue weighted by molar-refractivity contribution is 4.79. The van der Waals surface area contributed by atoms with Crippen LogP contribution in [-0.4, -0.2) is 12.7 Å². The van der Waals surface area contributed by atoms with Crippen molar-refractivity contribution >= 4 is 0 Å². The van der Waals surface area contributed by atoms with Gasteiger partial charge in [0.15, 0.2) is 0 Å². The lowest BCUT2D eigenvalue weighted by atomic mass is 10.0. The molecule has 0 amide bonds. The molecule has 0 aromatic carbocycles. The Balaban J connectivity index is 3.09. The van der Waals surface area contributed by atoms with Crippen LogP contribution in [0.3, 0.4) is 0 Å². The van der Waals surface area contributed by atoms with Gasteiger partial charge in [0.25, 0.3) is 0 Å². The largest absolute Gasteiger partial charge is 0.374 e. The van der Waals surface area contributed by atoms with E-state index in [4.69, 9.17) is 4.74 Å². The molecule has 0 fully saturated rings. The van der Waals surface area contributed by atoms with Gasteiger partial charge >= 0.3 is 0 Å². The lowest BCUT2D eigenvalue weighted by Crippen LogP contribution is -2.08. The first kappa shape index (κ1) is 21.7. The molecule has 0 N–H and O–H groups in total. The minimum atomic E-state index is 0.280. The summed E-state index contributed by atoms with van der Waals surface area (Å²) in [6.45, 7) is 8.99. The molecule has 0 aliphatic heterocycles. The molecular formula is C21H42O. The first-order valence-electron chi connectivity index (χ1n) is 10.1. The van der Waals surface area contributed by atoms with Gasteiger partial charge in [-0.25, -0.2) is 0 Å². The highest BCUT2D eigenvalue weighted by Crippen LogP contribution is 2.14. The van der Waals surface area contributed by atoms with E-state index in [0.717, 1.165) is 13.0 Å². The fourth-order valence-electron chi connectivity index (χ4n) is 3.02. The zero-order valence-electron chi connectivity index (χ0n) is 15.6.